The molecule has 2 atom stereocenters. The van der Waals surface area contributed by atoms with Crippen LogP contribution in [0.25, 0.3) is 10.8 Å². The lowest BCUT2D eigenvalue weighted by Gasteiger charge is -2.28. The Morgan fingerprint density at radius 3 is 2.66 bits per heavy atom. The number of nitrogens with one attached hydrogen (secondary N) is 1. The zero-order chi connectivity index (χ0) is 22.7. The van der Waals surface area contributed by atoms with Crippen LogP contribution in [-0.2, 0) is 16.1 Å². The number of carbonyl (C=O) groups excluding carboxylic acids is 1. The molecule has 166 valence electrons. The van der Waals surface area contributed by atoms with Gasteiger partial charge in [-0.3, -0.25) is 4.79 Å². The number of unbranched alkanes of at least 4 members (excludes halogenated alkanes) is 1. The number of carboxylic acids is 1. The molecule has 0 aliphatic carbocycles. The van der Waals surface area contributed by atoms with E-state index in [4.69, 9.17) is 0 Å². The number of amides is 1. The van der Waals surface area contributed by atoms with Crippen LogP contribution in [0.4, 0.5) is 10.1 Å². The van der Waals surface area contributed by atoms with E-state index in [0.29, 0.717) is 24.3 Å². The largest absolute Gasteiger partial charge is 0.480 e. The second-order valence-corrected chi connectivity index (χ2v) is 8.27. The molecule has 1 aliphatic rings. The van der Waals surface area contributed by atoms with Crippen LogP contribution in [0.5, 0.6) is 0 Å². The molecule has 6 heteroatoms. The second kappa shape index (κ2) is 9.39. The van der Waals surface area contributed by atoms with E-state index >= 15 is 0 Å². The lowest BCUT2D eigenvalue weighted by molar-refractivity contribution is -0.139. The van der Waals surface area contributed by atoms with Crippen molar-refractivity contribution in [3.63, 3.8) is 0 Å². The molecule has 0 saturated heterocycles. The summed E-state index contributed by atoms with van der Waals surface area (Å²) in [5.74, 6) is -2.30. The second-order valence-electron chi connectivity index (χ2n) is 8.27. The first kappa shape index (κ1) is 21.8. The van der Waals surface area contributed by atoms with Crippen molar-refractivity contribution >= 4 is 28.3 Å². The number of rotatable bonds is 8. The number of hydrogen-bond donors (Lipinski definition) is 2. The minimum atomic E-state index is -1.02. The van der Waals surface area contributed by atoms with Gasteiger partial charge >= 0.3 is 5.97 Å². The Kier molecular flexibility index (Phi) is 6.40. The van der Waals surface area contributed by atoms with Crippen LogP contribution in [0.15, 0.2) is 60.7 Å². The van der Waals surface area contributed by atoms with Crippen LogP contribution in [0.2, 0.25) is 0 Å². The van der Waals surface area contributed by atoms with Gasteiger partial charge in [-0.2, -0.15) is 0 Å². The van der Waals surface area contributed by atoms with Crippen LogP contribution >= 0.6 is 0 Å². The van der Waals surface area contributed by atoms with Gasteiger partial charge in [0, 0.05) is 31.1 Å². The van der Waals surface area contributed by atoms with Gasteiger partial charge in [0.05, 0.1) is 0 Å². The Morgan fingerprint density at radius 1 is 1.09 bits per heavy atom. The predicted molar refractivity (Wildman–Crippen MR) is 123 cm³/mol. The Bertz CT molecular complexity index is 1140. The fraction of sp³-hybridized carbons (Fsp3) is 0.308. The Morgan fingerprint density at radius 2 is 1.88 bits per heavy atom. The van der Waals surface area contributed by atoms with Gasteiger partial charge in [-0.05, 0) is 46.5 Å². The topological polar surface area (TPSA) is 69.6 Å². The number of aliphatic carboxylic acids is 1. The zero-order valence-electron chi connectivity index (χ0n) is 18.1. The molecule has 0 spiro atoms. The molecule has 1 heterocycles. The Hall–Kier alpha value is -3.41. The van der Waals surface area contributed by atoms with E-state index in [2.05, 4.69) is 5.32 Å². The third kappa shape index (κ3) is 4.31. The van der Waals surface area contributed by atoms with Crippen LogP contribution in [0.3, 0.4) is 0 Å². The lowest BCUT2D eigenvalue weighted by Crippen LogP contribution is -2.41. The van der Waals surface area contributed by atoms with Gasteiger partial charge in [0.2, 0.25) is 5.91 Å². The molecule has 2 N–H and O–H groups in total. The molecule has 0 saturated carbocycles. The van der Waals surface area contributed by atoms with E-state index in [-0.39, 0.29) is 12.3 Å². The van der Waals surface area contributed by atoms with Crippen LogP contribution in [0.1, 0.15) is 43.2 Å². The van der Waals surface area contributed by atoms with E-state index in [9.17, 15) is 19.1 Å². The summed E-state index contributed by atoms with van der Waals surface area (Å²) in [6, 6.07) is 17.3. The molecule has 1 aliphatic heterocycles. The summed E-state index contributed by atoms with van der Waals surface area (Å²) in [5.41, 5.74) is 2.22. The number of fused-ring (bicyclic) bond motifs is 2. The number of halogens is 1. The highest BCUT2D eigenvalue weighted by atomic mass is 19.1. The summed E-state index contributed by atoms with van der Waals surface area (Å²) < 4.78 is 14.1. The van der Waals surface area contributed by atoms with Crippen molar-refractivity contribution in [2.45, 2.75) is 44.7 Å². The molecule has 3 aromatic rings. The number of carbonyl (C=O) groups is 2. The summed E-state index contributed by atoms with van der Waals surface area (Å²) in [4.78, 5) is 26.8. The molecule has 4 rings (SSSR count). The molecule has 1 amide bonds. The number of benzene rings is 3. The number of carboxylic acid groups (broad SMARTS) is 1. The van der Waals surface area contributed by atoms with Gasteiger partial charge in [0.15, 0.2) is 0 Å². The smallest absolute Gasteiger partial charge is 0.327 e. The van der Waals surface area contributed by atoms with Gasteiger partial charge in [-0.1, -0.05) is 55.8 Å². The van der Waals surface area contributed by atoms with Crippen molar-refractivity contribution in [1.82, 2.24) is 5.32 Å². The Labute approximate surface area is 186 Å². The number of nitrogens with zero attached hydrogens (tertiary/aromatic N) is 1. The van der Waals surface area contributed by atoms with E-state index in [1.807, 2.05) is 49.4 Å². The molecular formula is C26H27FN2O3. The summed E-state index contributed by atoms with van der Waals surface area (Å²) in [7, 11) is 0. The van der Waals surface area contributed by atoms with Crippen LogP contribution in [0, 0.1) is 5.82 Å². The van der Waals surface area contributed by atoms with Crippen molar-refractivity contribution in [3.05, 3.63) is 77.6 Å². The van der Waals surface area contributed by atoms with Crippen molar-refractivity contribution in [1.29, 1.82) is 0 Å². The summed E-state index contributed by atoms with van der Waals surface area (Å²) in [6.45, 7) is 2.94. The third-order valence-corrected chi connectivity index (χ3v) is 6.15. The lowest BCUT2D eigenvalue weighted by atomic mass is 9.91. The maximum atomic E-state index is 14.1. The van der Waals surface area contributed by atoms with Crippen molar-refractivity contribution in [2.75, 3.05) is 11.4 Å². The molecular weight excluding hydrogens is 407 g/mol. The fourth-order valence-electron chi connectivity index (χ4n) is 4.62. The number of hydrogen-bond acceptors (Lipinski definition) is 3. The van der Waals surface area contributed by atoms with Crippen molar-refractivity contribution in [2.24, 2.45) is 0 Å². The molecule has 0 fully saturated rings. The Balaban J connectivity index is 1.70. The SMILES string of the molecule is CCCCNC(=O)CC1c2cc(F)ccc2N(Cc2cccc3ccccc23)C1C(=O)O. The first-order valence-corrected chi connectivity index (χ1v) is 11.0. The first-order valence-electron chi connectivity index (χ1n) is 11.0. The van der Waals surface area contributed by atoms with Gasteiger partial charge < -0.3 is 15.3 Å². The monoisotopic (exact) mass is 434 g/mol. The standard InChI is InChI=1S/C26H27FN2O3/c1-2-3-13-28-24(30)15-22-21-14-19(27)11-12-23(21)29(25(22)26(31)32)16-18-9-6-8-17-7-4-5-10-20(17)18/h4-12,14,22,25H,2-3,13,15-16H2,1H3,(H,28,30)(H,31,32). The molecule has 0 aromatic heterocycles. The maximum Gasteiger partial charge on any atom is 0.327 e. The first-order chi connectivity index (χ1) is 15.5. The fourth-order valence-corrected chi connectivity index (χ4v) is 4.62. The van der Waals surface area contributed by atoms with Gasteiger partial charge in [0.25, 0.3) is 0 Å². The average Bonchev–Trinajstić information content (AvgIpc) is 3.06. The molecule has 5 nitrogen and oxygen atoms in total. The van der Waals surface area contributed by atoms with Crippen LogP contribution in [-0.4, -0.2) is 29.6 Å². The predicted octanol–water partition coefficient (Wildman–Crippen LogP) is 4.84. The quantitative estimate of drug-likeness (QED) is 0.498. The molecule has 0 radical (unpaired) electrons. The van der Waals surface area contributed by atoms with E-state index in [1.165, 1.54) is 12.1 Å². The highest BCUT2D eigenvalue weighted by molar-refractivity contribution is 5.89. The minimum absolute atomic E-state index is 0.00315. The van der Waals surface area contributed by atoms with Crippen molar-refractivity contribution < 1.29 is 19.1 Å². The highest BCUT2D eigenvalue weighted by Crippen LogP contribution is 2.44. The summed E-state index contributed by atoms with van der Waals surface area (Å²) in [6.07, 6.45) is 1.81. The third-order valence-electron chi connectivity index (χ3n) is 6.15. The summed E-state index contributed by atoms with van der Waals surface area (Å²) in [5, 5.41) is 15.1. The minimum Gasteiger partial charge on any atom is -0.480 e. The average molecular weight is 435 g/mol. The van der Waals surface area contributed by atoms with Crippen LogP contribution < -0.4 is 10.2 Å². The van der Waals surface area contributed by atoms with E-state index in [0.717, 1.165) is 29.2 Å². The maximum absolute atomic E-state index is 14.1. The van der Waals surface area contributed by atoms with E-state index < -0.39 is 23.7 Å². The molecule has 32 heavy (non-hydrogen) atoms. The summed E-state index contributed by atoms with van der Waals surface area (Å²) >= 11 is 0. The van der Waals surface area contributed by atoms with Gasteiger partial charge in [-0.25, -0.2) is 9.18 Å². The van der Waals surface area contributed by atoms with Gasteiger partial charge in [0.1, 0.15) is 11.9 Å². The normalized spacial score (nSPS) is 17.4. The molecule has 0 bridgehead atoms. The zero-order valence-corrected chi connectivity index (χ0v) is 18.1. The number of anilines is 1. The highest BCUT2D eigenvalue weighted by Gasteiger charge is 2.44. The van der Waals surface area contributed by atoms with Gasteiger partial charge in [-0.15, -0.1) is 0 Å². The van der Waals surface area contributed by atoms with Crippen molar-refractivity contribution in [3.8, 4) is 0 Å². The molecule has 3 aromatic carbocycles. The van der Waals surface area contributed by atoms with E-state index in [1.54, 1.807) is 11.0 Å². The molecule has 2 unspecified atom stereocenters.